The zero-order valence-electron chi connectivity index (χ0n) is 19.6. The summed E-state index contributed by atoms with van der Waals surface area (Å²) in [6.45, 7) is 5.35. The van der Waals surface area contributed by atoms with Gasteiger partial charge in [0, 0.05) is 24.4 Å². The van der Waals surface area contributed by atoms with Gasteiger partial charge >= 0.3 is 5.97 Å². The van der Waals surface area contributed by atoms with Gasteiger partial charge in [-0.05, 0) is 49.6 Å². The number of quaternary nitrogens is 1. The Hall–Kier alpha value is -2.31. The van der Waals surface area contributed by atoms with E-state index in [0.717, 1.165) is 48.1 Å². The van der Waals surface area contributed by atoms with Gasteiger partial charge in [-0.15, -0.1) is 0 Å². The van der Waals surface area contributed by atoms with Gasteiger partial charge < -0.3 is 24.0 Å². The van der Waals surface area contributed by atoms with Crippen molar-refractivity contribution in [3.63, 3.8) is 0 Å². The molecule has 2 N–H and O–H groups in total. The number of aliphatic hydroxyl groups is 1. The summed E-state index contributed by atoms with van der Waals surface area (Å²) in [5.74, 6) is 0.936. The molecule has 0 spiro atoms. The molecule has 3 saturated heterocycles. The van der Waals surface area contributed by atoms with Crippen molar-refractivity contribution in [2.75, 3.05) is 33.4 Å². The summed E-state index contributed by atoms with van der Waals surface area (Å²) in [4.78, 5) is 18.0. The number of nitrogens with one attached hydrogen (secondary N) is 1. The number of benzene rings is 1. The van der Waals surface area contributed by atoms with Crippen LogP contribution in [-0.2, 0) is 24.1 Å². The summed E-state index contributed by atoms with van der Waals surface area (Å²) in [7, 11) is -2.79. The zero-order valence-corrected chi connectivity index (χ0v) is 20.4. The number of nitrogens with zero attached hydrogens (tertiary/aromatic N) is 1. The number of carbonyl (C=O) groups excluding carboxylic acids is 1. The molecule has 1 aromatic carbocycles. The number of ether oxygens (including phenoxy) is 2. The summed E-state index contributed by atoms with van der Waals surface area (Å²) in [6.07, 6.45) is 3.02. The molecule has 1 unspecified atom stereocenters. The van der Waals surface area contributed by atoms with E-state index in [1.165, 1.54) is 11.8 Å². The second-order valence-electron chi connectivity index (χ2n) is 8.40. The van der Waals surface area contributed by atoms with Crippen molar-refractivity contribution in [1.82, 2.24) is 4.98 Å². The average molecular weight is 497 g/mol. The van der Waals surface area contributed by atoms with Crippen molar-refractivity contribution in [1.29, 1.82) is 0 Å². The Balaban J connectivity index is 0.000000406. The molecule has 4 heterocycles. The fraction of sp³-hybridized carbons (Fsp3) is 0.565. The highest BCUT2D eigenvalue weighted by Crippen LogP contribution is 2.35. The predicted molar refractivity (Wildman–Crippen MR) is 122 cm³/mol. The minimum atomic E-state index is -4.42. The first-order valence-electron chi connectivity index (χ1n) is 11.4. The van der Waals surface area contributed by atoms with Gasteiger partial charge in [0.05, 0.1) is 38.9 Å². The van der Waals surface area contributed by atoms with E-state index in [4.69, 9.17) is 9.47 Å². The molecule has 11 heteroatoms. The number of methoxy groups -OCH3 is 1. The lowest BCUT2D eigenvalue weighted by Crippen LogP contribution is -3.20. The molecule has 10 nitrogen and oxygen atoms in total. The Morgan fingerprint density at radius 1 is 1.29 bits per heavy atom. The third kappa shape index (κ3) is 6.22. The van der Waals surface area contributed by atoms with Crippen LogP contribution in [0.2, 0.25) is 0 Å². The van der Waals surface area contributed by atoms with Gasteiger partial charge in [0.1, 0.15) is 23.8 Å². The van der Waals surface area contributed by atoms with Crippen LogP contribution in [0.5, 0.6) is 5.75 Å². The maximum absolute atomic E-state index is 12.3. The molecule has 2 bridgehead atoms. The van der Waals surface area contributed by atoms with Gasteiger partial charge in [-0.2, -0.15) is 0 Å². The van der Waals surface area contributed by atoms with Crippen molar-refractivity contribution >= 4 is 27.3 Å². The van der Waals surface area contributed by atoms with Gasteiger partial charge in [0.25, 0.3) is 0 Å². The van der Waals surface area contributed by atoms with Crippen LogP contribution >= 0.6 is 0 Å². The SMILES string of the molecule is CCOC(=O)[C@H]1C[NH+]2CC[C@H]1C[C@@H]2[C@@H](O)c1ccnc2ccc(OC)cc12.CCOS(=O)(=O)[O-]. The maximum atomic E-state index is 12.3. The first-order valence-corrected chi connectivity index (χ1v) is 12.7. The van der Waals surface area contributed by atoms with Crippen molar-refractivity contribution < 1.29 is 41.4 Å². The molecule has 0 radical (unpaired) electrons. The van der Waals surface area contributed by atoms with Gasteiger partial charge in [0.2, 0.25) is 10.4 Å². The van der Waals surface area contributed by atoms with Crippen LogP contribution in [-0.4, -0.2) is 68.5 Å². The first-order chi connectivity index (χ1) is 16.2. The third-order valence-corrected chi connectivity index (χ3v) is 7.03. The molecule has 3 aliphatic heterocycles. The second-order valence-corrected chi connectivity index (χ2v) is 9.46. The van der Waals surface area contributed by atoms with E-state index in [2.05, 4.69) is 9.17 Å². The fourth-order valence-corrected chi connectivity index (χ4v) is 5.29. The number of hydrogen-bond donors (Lipinski definition) is 2. The smallest absolute Gasteiger partial charge is 0.314 e. The standard InChI is InChI=1S/C21H26N2O4.C2H6O4S/c1-3-27-21(25)17-12-23-9-7-13(17)10-19(23)20(24)15-6-8-22-18-5-4-14(26-2)11-16(15)18;1-2-6-7(3,4)5/h4-6,8,11,13,17,19-20,24H,3,7,9-10,12H2,1-2H3;2H2,1H3,(H,3,4,5)/t13-,17-,19+,20-;/m0./s1. The highest BCUT2D eigenvalue weighted by Gasteiger charge is 2.49. The number of esters is 1. The van der Waals surface area contributed by atoms with Crippen LogP contribution in [0.4, 0.5) is 0 Å². The molecule has 3 fully saturated rings. The van der Waals surface area contributed by atoms with Crippen LogP contribution in [0.25, 0.3) is 10.9 Å². The molecule has 0 amide bonds. The molecular formula is C23H32N2O8S. The van der Waals surface area contributed by atoms with Crippen LogP contribution < -0.4 is 9.64 Å². The van der Waals surface area contributed by atoms with E-state index in [1.807, 2.05) is 31.2 Å². The quantitative estimate of drug-likeness (QED) is 0.321. The van der Waals surface area contributed by atoms with Crippen LogP contribution in [0.15, 0.2) is 30.5 Å². The normalized spacial score (nSPS) is 24.7. The number of fused-ring (bicyclic) bond motifs is 4. The van der Waals surface area contributed by atoms with Gasteiger partial charge in [-0.25, -0.2) is 8.42 Å². The average Bonchev–Trinajstić information content (AvgIpc) is 2.82. The number of pyridine rings is 1. The summed E-state index contributed by atoms with van der Waals surface area (Å²) in [5.41, 5.74) is 1.74. The van der Waals surface area contributed by atoms with E-state index in [9.17, 15) is 22.9 Å². The lowest BCUT2D eigenvalue weighted by atomic mass is 9.73. The van der Waals surface area contributed by atoms with Crippen molar-refractivity contribution in [2.24, 2.45) is 11.8 Å². The van der Waals surface area contributed by atoms with E-state index in [1.54, 1.807) is 13.3 Å². The van der Waals surface area contributed by atoms with Crippen molar-refractivity contribution in [3.8, 4) is 5.75 Å². The molecule has 188 valence electrons. The minimum Gasteiger partial charge on any atom is -0.726 e. The Morgan fingerprint density at radius 2 is 2.06 bits per heavy atom. The summed E-state index contributed by atoms with van der Waals surface area (Å²) < 4.78 is 42.6. The molecule has 0 saturated carbocycles. The number of piperidine rings is 3. The first kappa shape index (κ1) is 26.3. The summed E-state index contributed by atoms with van der Waals surface area (Å²) in [5, 5.41) is 12.2. The van der Waals surface area contributed by atoms with E-state index >= 15 is 0 Å². The highest BCUT2D eigenvalue weighted by molar-refractivity contribution is 7.80. The molecule has 5 atom stereocenters. The Labute approximate surface area is 199 Å². The van der Waals surface area contributed by atoms with E-state index in [-0.39, 0.29) is 24.5 Å². The van der Waals surface area contributed by atoms with Gasteiger partial charge in [-0.1, -0.05) is 0 Å². The van der Waals surface area contributed by atoms with Crippen LogP contribution in [0.3, 0.4) is 0 Å². The maximum Gasteiger partial charge on any atom is 0.314 e. The Kier molecular flexibility index (Phi) is 8.83. The topological polar surface area (TPSA) is 140 Å². The number of rotatable bonds is 7. The summed E-state index contributed by atoms with van der Waals surface area (Å²) in [6, 6.07) is 7.73. The number of hydrogen-bond acceptors (Lipinski definition) is 9. The number of aromatic nitrogens is 1. The second kappa shape index (κ2) is 11.4. The van der Waals surface area contributed by atoms with E-state index in [0.29, 0.717) is 12.5 Å². The molecule has 3 aliphatic rings. The highest BCUT2D eigenvalue weighted by atomic mass is 32.3. The van der Waals surface area contributed by atoms with Gasteiger partial charge in [-0.3, -0.25) is 14.0 Å². The van der Waals surface area contributed by atoms with E-state index < -0.39 is 16.5 Å². The molecule has 5 rings (SSSR count). The largest absolute Gasteiger partial charge is 0.726 e. The molecule has 0 aliphatic carbocycles. The molecule has 1 aromatic heterocycles. The van der Waals surface area contributed by atoms with Crippen molar-refractivity contribution in [3.05, 3.63) is 36.0 Å². The molecule has 34 heavy (non-hydrogen) atoms. The zero-order chi connectivity index (χ0) is 24.9. The van der Waals surface area contributed by atoms with Crippen LogP contribution in [0, 0.1) is 11.8 Å². The molecular weight excluding hydrogens is 464 g/mol. The molecule has 2 aromatic rings. The van der Waals surface area contributed by atoms with Crippen LogP contribution in [0.1, 0.15) is 38.4 Å². The summed E-state index contributed by atoms with van der Waals surface area (Å²) >= 11 is 0. The van der Waals surface area contributed by atoms with Gasteiger partial charge in [0.15, 0.2) is 0 Å². The minimum absolute atomic E-state index is 0.0357. The third-order valence-electron chi connectivity index (χ3n) is 6.50. The Bertz CT molecular complexity index is 1090. The lowest BCUT2D eigenvalue weighted by molar-refractivity contribution is -0.949. The Morgan fingerprint density at radius 3 is 2.62 bits per heavy atom. The monoisotopic (exact) mass is 496 g/mol. The lowest BCUT2D eigenvalue weighted by Gasteiger charge is -2.47. The predicted octanol–water partition coefficient (Wildman–Crippen LogP) is 0.616. The fourth-order valence-electron chi connectivity index (χ4n) is 5.00. The van der Waals surface area contributed by atoms with Crippen molar-refractivity contribution in [2.45, 2.75) is 38.8 Å². The number of carbonyl (C=O) groups is 1. The number of aliphatic hydroxyl groups excluding tert-OH is 1.